The number of halogens is 3. The van der Waals surface area contributed by atoms with Crippen molar-refractivity contribution in [1.29, 1.82) is 0 Å². The van der Waals surface area contributed by atoms with Crippen molar-refractivity contribution in [3.63, 3.8) is 0 Å². The summed E-state index contributed by atoms with van der Waals surface area (Å²) in [5, 5.41) is 2.96. The maximum atomic E-state index is 13.6. The van der Waals surface area contributed by atoms with Crippen molar-refractivity contribution in [2.24, 2.45) is 0 Å². The van der Waals surface area contributed by atoms with Crippen LogP contribution in [0.4, 0.5) is 21.5 Å². The molecular formula is C12H9Br2FN2. The molecule has 0 fully saturated rings. The molecule has 3 N–H and O–H groups in total. The van der Waals surface area contributed by atoms with Gasteiger partial charge in [0.05, 0.1) is 17.1 Å². The van der Waals surface area contributed by atoms with Gasteiger partial charge in [0.25, 0.3) is 0 Å². The molecule has 0 aliphatic carbocycles. The average Bonchev–Trinajstić information content (AvgIpc) is 2.27. The standard InChI is InChI=1S/C12H9Br2FN2/c13-7-2-4-11(9(15)5-7)17-12-6-8(14)1-3-10(12)16/h1-6,17H,16H2. The predicted octanol–water partition coefficient (Wildman–Crippen LogP) is 4.68. The summed E-state index contributed by atoms with van der Waals surface area (Å²) in [5.41, 5.74) is 7.42. The van der Waals surface area contributed by atoms with Crippen LogP contribution in [0.5, 0.6) is 0 Å². The molecule has 0 aromatic heterocycles. The van der Waals surface area contributed by atoms with E-state index < -0.39 is 0 Å². The topological polar surface area (TPSA) is 38.0 Å². The molecule has 0 spiro atoms. The van der Waals surface area contributed by atoms with E-state index in [1.807, 2.05) is 6.07 Å². The monoisotopic (exact) mass is 358 g/mol. The largest absolute Gasteiger partial charge is 0.397 e. The molecule has 2 aromatic carbocycles. The highest BCUT2D eigenvalue weighted by atomic mass is 79.9. The zero-order valence-electron chi connectivity index (χ0n) is 8.68. The van der Waals surface area contributed by atoms with E-state index >= 15 is 0 Å². The summed E-state index contributed by atoms with van der Waals surface area (Å²) in [6.45, 7) is 0. The summed E-state index contributed by atoms with van der Waals surface area (Å²) < 4.78 is 15.2. The number of hydrogen-bond donors (Lipinski definition) is 2. The van der Waals surface area contributed by atoms with Crippen LogP contribution in [-0.2, 0) is 0 Å². The van der Waals surface area contributed by atoms with Crippen molar-refractivity contribution in [2.75, 3.05) is 11.1 Å². The molecule has 5 heteroatoms. The van der Waals surface area contributed by atoms with Gasteiger partial charge >= 0.3 is 0 Å². The minimum atomic E-state index is -0.334. The van der Waals surface area contributed by atoms with Crippen LogP contribution in [0.25, 0.3) is 0 Å². The smallest absolute Gasteiger partial charge is 0.147 e. The van der Waals surface area contributed by atoms with Gasteiger partial charge < -0.3 is 11.1 Å². The van der Waals surface area contributed by atoms with Gasteiger partial charge in [-0.3, -0.25) is 0 Å². The first kappa shape index (κ1) is 12.4. The van der Waals surface area contributed by atoms with Crippen LogP contribution < -0.4 is 11.1 Å². The zero-order valence-corrected chi connectivity index (χ0v) is 11.8. The first-order chi connectivity index (χ1) is 8.06. The number of benzene rings is 2. The van der Waals surface area contributed by atoms with Gasteiger partial charge in [-0.1, -0.05) is 31.9 Å². The van der Waals surface area contributed by atoms with Crippen molar-refractivity contribution < 1.29 is 4.39 Å². The lowest BCUT2D eigenvalue weighted by molar-refractivity contribution is 0.631. The second-order valence-corrected chi connectivity index (χ2v) is 5.31. The Kier molecular flexibility index (Phi) is 3.69. The highest BCUT2D eigenvalue weighted by Crippen LogP contribution is 2.28. The van der Waals surface area contributed by atoms with E-state index in [4.69, 9.17) is 5.73 Å². The molecule has 2 nitrogen and oxygen atoms in total. The molecule has 0 atom stereocenters. The summed E-state index contributed by atoms with van der Waals surface area (Å²) in [6.07, 6.45) is 0. The van der Waals surface area contributed by atoms with Gasteiger partial charge in [-0.25, -0.2) is 4.39 Å². The zero-order chi connectivity index (χ0) is 12.4. The fourth-order valence-electron chi connectivity index (χ4n) is 1.37. The van der Waals surface area contributed by atoms with Crippen LogP contribution in [0.15, 0.2) is 45.3 Å². The molecule has 0 saturated carbocycles. The molecule has 0 unspecified atom stereocenters. The fraction of sp³-hybridized carbons (Fsp3) is 0. The van der Waals surface area contributed by atoms with Gasteiger partial charge in [0.2, 0.25) is 0 Å². The number of nitrogens with two attached hydrogens (primary N) is 1. The molecule has 0 aliphatic rings. The SMILES string of the molecule is Nc1ccc(Br)cc1Nc1ccc(Br)cc1F. The molecule has 0 bridgehead atoms. The van der Waals surface area contributed by atoms with E-state index in [9.17, 15) is 4.39 Å². The lowest BCUT2D eigenvalue weighted by Crippen LogP contribution is -1.98. The quantitative estimate of drug-likeness (QED) is 0.764. The van der Waals surface area contributed by atoms with Crippen molar-refractivity contribution in [1.82, 2.24) is 0 Å². The van der Waals surface area contributed by atoms with E-state index in [0.717, 1.165) is 4.47 Å². The Labute approximate surface area is 115 Å². The Hall–Kier alpha value is -1.07. The Morgan fingerprint density at radius 1 is 0.941 bits per heavy atom. The number of anilines is 3. The molecule has 2 rings (SSSR count). The highest BCUT2D eigenvalue weighted by molar-refractivity contribution is 9.10. The van der Waals surface area contributed by atoms with E-state index in [0.29, 0.717) is 21.5 Å². The second kappa shape index (κ2) is 5.06. The summed E-state index contributed by atoms with van der Waals surface area (Å²) in [4.78, 5) is 0. The van der Waals surface area contributed by atoms with Gasteiger partial charge in [-0.2, -0.15) is 0 Å². The average molecular weight is 360 g/mol. The molecular weight excluding hydrogens is 351 g/mol. The third-order valence-electron chi connectivity index (χ3n) is 2.22. The molecule has 2 aromatic rings. The fourth-order valence-corrected chi connectivity index (χ4v) is 2.07. The molecule has 0 aliphatic heterocycles. The number of nitrogen functional groups attached to an aromatic ring is 1. The molecule has 0 amide bonds. The summed E-state index contributed by atoms with van der Waals surface area (Å²) >= 11 is 6.55. The van der Waals surface area contributed by atoms with Crippen molar-refractivity contribution in [2.45, 2.75) is 0 Å². The first-order valence-corrected chi connectivity index (χ1v) is 6.42. The van der Waals surface area contributed by atoms with Gasteiger partial charge in [0, 0.05) is 8.95 Å². The Bertz CT molecular complexity index is 558. The maximum absolute atomic E-state index is 13.6. The normalized spacial score (nSPS) is 10.3. The van der Waals surface area contributed by atoms with Crippen molar-refractivity contribution in [3.05, 3.63) is 51.2 Å². The van der Waals surface area contributed by atoms with Crippen LogP contribution >= 0.6 is 31.9 Å². The predicted molar refractivity (Wildman–Crippen MR) is 75.9 cm³/mol. The van der Waals surface area contributed by atoms with E-state index in [2.05, 4.69) is 37.2 Å². The maximum Gasteiger partial charge on any atom is 0.147 e. The van der Waals surface area contributed by atoms with Crippen LogP contribution in [0.2, 0.25) is 0 Å². The summed E-state index contributed by atoms with van der Waals surface area (Å²) in [7, 11) is 0. The van der Waals surface area contributed by atoms with Gasteiger partial charge in [0.15, 0.2) is 0 Å². The molecule has 0 saturated heterocycles. The minimum Gasteiger partial charge on any atom is -0.397 e. The Morgan fingerprint density at radius 3 is 2.29 bits per heavy atom. The molecule has 0 heterocycles. The van der Waals surface area contributed by atoms with Gasteiger partial charge in [-0.05, 0) is 36.4 Å². The van der Waals surface area contributed by atoms with Gasteiger partial charge in [0.1, 0.15) is 5.82 Å². The number of hydrogen-bond acceptors (Lipinski definition) is 2. The third kappa shape index (κ3) is 2.98. The number of rotatable bonds is 2. The van der Waals surface area contributed by atoms with Crippen molar-refractivity contribution in [3.8, 4) is 0 Å². The van der Waals surface area contributed by atoms with Crippen LogP contribution in [0, 0.1) is 5.82 Å². The molecule has 88 valence electrons. The number of nitrogens with one attached hydrogen (secondary N) is 1. The van der Waals surface area contributed by atoms with E-state index in [1.54, 1.807) is 24.3 Å². The van der Waals surface area contributed by atoms with Crippen LogP contribution in [-0.4, -0.2) is 0 Å². The Morgan fingerprint density at radius 2 is 1.59 bits per heavy atom. The summed E-state index contributed by atoms with van der Waals surface area (Å²) in [6, 6.07) is 10.2. The summed E-state index contributed by atoms with van der Waals surface area (Å²) in [5.74, 6) is -0.334. The van der Waals surface area contributed by atoms with E-state index in [-0.39, 0.29) is 5.82 Å². The third-order valence-corrected chi connectivity index (χ3v) is 3.20. The van der Waals surface area contributed by atoms with Gasteiger partial charge in [-0.15, -0.1) is 0 Å². The molecule has 0 radical (unpaired) electrons. The Balaban J connectivity index is 2.34. The minimum absolute atomic E-state index is 0.334. The lowest BCUT2D eigenvalue weighted by Gasteiger charge is -2.10. The second-order valence-electron chi connectivity index (χ2n) is 3.48. The first-order valence-electron chi connectivity index (χ1n) is 4.83. The van der Waals surface area contributed by atoms with Crippen LogP contribution in [0.3, 0.4) is 0 Å². The van der Waals surface area contributed by atoms with Crippen molar-refractivity contribution >= 4 is 48.9 Å². The van der Waals surface area contributed by atoms with Crippen LogP contribution in [0.1, 0.15) is 0 Å². The highest BCUT2D eigenvalue weighted by Gasteiger charge is 2.05. The lowest BCUT2D eigenvalue weighted by atomic mass is 10.2. The van der Waals surface area contributed by atoms with E-state index in [1.165, 1.54) is 6.07 Å². The molecule has 17 heavy (non-hydrogen) atoms.